The van der Waals surface area contributed by atoms with Gasteiger partial charge in [-0.15, -0.1) is 0 Å². The van der Waals surface area contributed by atoms with Crippen LogP contribution in [0.4, 0.5) is 22.7 Å². The minimum absolute atomic E-state index is 0.120. The summed E-state index contributed by atoms with van der Waals surface area (Å²) in [6, 6.07) is 25.8. The fourth-order valence-corrected chi connectivity index (χ4v) is 12.8. The Bertz CT molecular complexity index is 3150. The molecule has 1 fully saturated rings. The van der Waals surface area contributed by atoms with E-state index in [1.54, 1.807) is 21.5 Å². The van der Waals surface area contributed by atoms with Crippen LogP contribution in [-0.2, 0) is 4.79 Å². The quantitative estimate of drug-likeness (QED) is 0.140. The molecule has 0 spiro atoms. The van der Waals surface area contributed by atoms with Gasteiger partial charge in [0.15, 0.2) is 11.9 Å². The van der Waals surface area contributed by atoms with Crippen molar-refractivity contribution in [2.45, 2.75) is 125 Å². The van der Waals surface area contributed by atoms with E-state index >= 15 is 0 Å². The van der Waals surface area contributed by atoms with Gasteiger partial charge < -0.3 is 29.6 Å². The zero-order valence-electron chi connectivity index (χ0n) is 47.9. The van der Waals surface area contributed by atoms with E-state index in [1.165, 1.54) is 55.9 Å². The van der Waals surface area contributed by atoms with Crippen molar-refractivity contribution in [2.24, 2.45) is 0 Å². The molecule has 2 aliphatic heterocycles. The summed E-state index contributed by atoms with van der Waals surface area (Å²) in [7, 11) is 0. The van der Waals surface area contributed by atoms with Gasteiger partial charge in [-0.05, 0) is 191 Å². The van der Waals surface area contributed by atoms with E-state index in [-0.39, 0.29) is 11.7 Å². The number of carbonyl (C=O) groups excluding carboxylic acids is 2. The lowest BCUT2D eigenvalue weighted by atomic mass is 10.0. The molecule has 392 valence electrons. The molecule has 1 saturated heterocycles. The largest absolute Gasteiger partial charge is 0.538 e. The predicted octanol–water partition coefficient (Wildman–Crippen LogP) is 10.6. The van der Waals surface area contributed by atoms with Crippen molar-refractivity contribution in [3.05, 3.63) is 191 Å². The number of anilines is 3. The van der Waals surface area contributed by atoms with Gasteiger partial charge in [-0.1, -0.05) is 106 Å². The molecule has 10 nitrogen and oxygen atoms in total. The number of carbonyl (C=O) groups is 2. The summed E-state index contributed by atoms with van der Waals surface area (Å²) >= 11 is 0. The van der Waals surface area contributed by atoms with Crippen LogP contribution in [0.1, 0.15) is 111 Å². The average molecular weight is 1010 g/mol. The summed E-state index contributed by atoms with van der Waals surface area (Å²) in [5.41, 5.74) is 28.0. The number of aliphatic carboxylic acids is 1. The molecular weight excluding hydrogens is 929 g/mol. The number of carboxylic acids is 2. The number of carboxylic acid groups (broad SMARTS) is 2. The van der Waals surface area contributed by atoms with E-state index < -0.39 is 11.9 Å². The van der Waals surface area contributed by atoms with Crippen LogP contribution in [0.5, 0.6) is 0 Å². The molecule has 9 rings (SSSR count). The molecule has 0 bridgehead atoms. The molecule has 7 aromatic rings. The Hall–Kier alpha value is -7.46. The van der Waals surface area contributed by atoms with E-state index in [1.807, 2.05) is 78.7 Å². The highest BCUT2D eigenvalue weighted by molar-refractivity contribution is 6.37. The second-order valence-corrected chi connectivity index (χ2v) is 21.7. The number of aromatic carboxylic acids is 1. The summed E-state index contributed by atoms with van der Waals surface area (Å²) in [4.78, 5) is 31.2. The van der Waals surface area contributed by atoms with Gasteiger partial charge in [0.1, 0.15) is 48.2 Å². The molecular formula is C65H78N6O4. The summed E-state index contributed by atoms with van der Waals surface area (Å²) in [6.45, 7) is 42.1. The highest BCUT2D eigenvalue weighted by Crippen LogP contribution is 2.35. The molecule has 0 atom stereocenters. The van der Waals surface area contributed by atoms with Crippen LogP contribution in [0.3, 0.4) is 0 Å². The van der Waals surface area contributed by atoms with Crippen LogP contribution in [0, 0.1) is 125 Å². The normalized spacial score (nSPS) is 13.3. The fourth-order valence-electron chi connectivity index (χ4n) is 12.8. The first-order valence-corrected chi connectivity index (χ1v) is 26.2. The van der Waals surface area contributed by atoms with Crippen LogP contribution < -0.4 is 29.5 Å². The van der Waals surface area contributed by atoms with Gasteiger partial charge in [0.05, 0.1) is 6.67 Å². The number of hydrogen-bond donors (Lipinski definition) is 0. The number of amidine groups is 1. The van der Waals surface area contributed by atoms with Gasteiger partial charge in [0.2, 0.25) is 0 Å². The van der Waals surface area contributed by atoms with Crippen molar-refractivity contribution >= 4 is 40.5 Å². The topological polar surface area (TPSA) is 102 Å². The maximum atomic E-state index is 12.1. The molecule has 0 saturated carbocycles. The fraction of sp³-hybridized carbons (Fsp3) is 0.354. The molecule has 3 heterocycles. The second kappa shape index (κ2) is 22.2. The number of benzene rings is 6. The zero-order chi connectivity index (χ0) is 55.1. The van der Waals surface area contributed by atoms with E-state index in [9.17, 15) is 19.8 Å². The Morgan fingerprint density at radius 1 is 0.400 bits per heavy atom. The second-order valence-electron chi connectivity index (χ2n) is 21.7. The standard InChI is InChI=1S/C22H26N2O2.C22H24N2O2.C21H28N2/c2*1-13-9-15(3)19(16(4)10-13)23-7-8-24(21(23)22(25)26)20-17(5)11-14(2)12-18(20)6;1-14-9-16(3)20(17(4)10-14)22-7-8-23(13-22)21-18(5)11-15(2)12-19(21)6/h9-12H,7-8H2,1-6H3;7-12H,1-6H3;9-12H,7-8,13H2,1-6H3. The lowest BCUT2D eigenvalue weighted by molar-refractivity contribution is -0.601. The van der Waals surface area contributed by atoms with Crippen LogP contribution >= 0.6 is 0 Å². The zero-order valence-corrected chi connectivity index (χ0v) is 47.9. The molecule has 2 aliphatic rings. The lowest BCUT2D eigenvalue weighted by Gasteiger charge is -2.26. The molecule has 0 amide bonds. The first-order valence-electron chi connectivity index (χ1n) is 26.2. The Morgan fingerprint density at radius 3 is 1.07 bits per heavy atom. The Balaban J connectivity index is 0.000000164. The maximum absolute atomic E-state index is 12.1. The van der Waals surface area contributed by atoms with Gasteiger partial charge in [0.25, 0.3) is 0 Å². The molecule has 1 aromatic heterocycles. The van der Waals surface area contributed by atoms with Crippen molar-refractivity contribution < 1.29 is 28.9 Å². The van der Waals surface area contributed by atoms with Gasteiger partial charge in [-0.3, -0.25) is 0 Å². The van der Waals surface area contributed by atoms with Crippen molar-refractivity contribution in [1.82, 2.24) is 4.57 Å². The Labute approximate surface area is 446 Å². The molecule has 0 N–H and O–H groups in total. The van der Waals surface area contributed by atoms with Gasteiger partial charge in [0, 0.05) is 24.5 Å². The SMILES string of the molecule is Cc1cc(C)c(-n2cc[n+](-c3c(C)cc(C)cc3C)c2C(=O)[O-])c(C)c1.Cc1cc(C)c(N2CCN(c3c(C)cc(C)cc3C)C2)c(C)c1.Cc1cc(C)c(N2CC[N+](c3c(C)cc(C)cc3C)=C2C(=O)[O-])c(C)c1. The van der Waals surface area contributed by atoms with Crippen LogP contribution in [-0.4, -0.2) is 59.8 Å². The third-order valence-electron chi connectivity index (χ3n) is 14.7. The maximum Gasteiger partial charge on any atom is 0.315 e. The summed E-state index contributed by atoms with van der Waals surface area (Å²) < 4.78 is 5.34. The van der Waals surface area contributed by atoms with E-state index in [2.05, 4.69) is 138 Å². The van der Waals surface area contributed by atoms with Crippen molar-refractivity contribution in [2.75, 3.05) is 47.5 Å². The Morgan fingerprint density at radius 2 is 0.720 bits per heavy atom. The van der Waals surface area contributed by atoms with Crippen molar-refractivity contribution in [3.8, 4) is 11.4 Å². The van der Waals surface area contributed by atoms with Gasteiger partial charge >= 0.3 is 11.7 Å². The molecule has 0 unspecified atom stereocenters. The van der Waals surface area contributed by atoms with E-state index in [0.29, 0.717) is 13.1 Å². The smallest absolute Gasteiger partial charge is 0.315 e. The first-order chi connectivity index (χ1) is 35.3. The highest BCUT2D eigenvalue weighted by atomic mass is 16.4. The van der Waals surface area contributed by atoms with E-state index in [0.717, 1.165) is 98.1 Å². The van der Waals surface area contributed by atoms with Crippen molar-refractivity contribution in [1.29, 1.82) is 0 Å². The predicted molar refractivity (Wildman–Crippen MR) is 304 cm³/mol. The third kappa shape index (κ3) is 11.5. The van der Waals surface area contributed by atoms with E-state index in [4.69, 9.17) is 0 Å². The molecule has 0 radical (unpaired) electrons. The minimum atomic E-state index is -1.20. The van der Waals surface area contributed by atoms with Crippen molar-refractivity contribution in [3.63, 3.8) is 0 Å². The monoisotopic (exact) mass is 1010 g/mol. The number of rotatable bonds is 8. The summed E-state index contributed by atoms with van der Waals surface area (Å²) in [5.74, 6) is -1.99. The molecule has 0 aliphatic carbocycles. The van der Waals surface area contributed by atoms with Crippen LogP contribution in [0.25, 0.3) is 11.4 Å². The average Bonchev–Trinajstić information content (AvgIpc) is 4.02. The number of aromatic nitrogens is 2. The Kier molecular flexibility index (Phi) is 16.3. The van der Waals surface area contributed by atoms with Gasteiger partial charge in [-0.2, -0.15) is 9.13 Å². The summed E-state index contributed by atoms with van der Waals surface area (Å²) in [5, 5.41) is 24.2. The number of hydrogen-bond acceptors (Lipinski definition) is 7. The number of nitrogens with zero attached hydrogens (tertiary/aromatic N) is 6. The minimum Gasteiger partial charge on any atom is -0.538 e. The highest BCUT2D eigenvalue weighted by Gasteiger charge is 2.37. The third-order valence-corrected chi connectivity index (χ3v) is 14.7. The van der Waals surface area contributed by atoms with Crippen LogP contribution in [0.2, 0.25) is 0 Å². The molecule has 10 heteroatoms. The lowest BCUT2D eigenvalue weighted by Crippen LogP contribution is -2.44. The number of aryl methyl sites for hydroxylation is 18. The molecule has 6 aromatic carbocycles. The van der Waals surface area contributed by atoms with Crippen LogP contribution in [0.15, 0.2) is 85.2 Å². The first kappa shape index (κ1) is 55.3. The number of imidazole rings is 1. The molecule has 75 heavy (non-hydrogen) atoms. The van der Waals surface area contributed by atoms with Gasteiger partial charge in [-0.25, -0.2) is 9.48 Å². The summed E-state index contributed by atoms with van der Waals surface area (Å²) in [6.07, 6.45) is 3.60.